The topological polar surface area (TPSA) is 83.1 Å². The van der Waals surface area contributed by atoms with Crippen molar-refractivity contribution in [3.63, 3.8) is 0 Å². The van der Waals surface area contributed by atoms with Crippen LogP contribution in [-0.4, -0.2) is 66.4 Å². The molecule has 7 nitrogen and oxygen atoms in total. The molecule has 0 radical (unpaired) electrons. The number of nitrogens with one attached hydrogen (secondary N) is 1. The molecule has 24 heavy (non-hydrogen) atoms. The molecule has 0 fully saturated rings. The number of amides is 1. The molecule has 0 aliphatic carbocycles. The largest absolute Gasteiger partial charge is 0.463 e. The summed E-state index contributed by atoms with van der Waals surface area (Å²) in [5.41, 5.74) is 0. The zero-order valence-electron chi connectivity index (χ0n) is 15.3. The number of carbonyl (C=O) groups excluding carboxylic acids is 2. The molecule has 0 spiro atoms. The normalized spacial score (nSPS) is 14.8. The van der Waals surface area contributed by atoms with Gasteiger partial charge in [0, 0.05) is 21.8 Å². The summed E-state index contributed by atoms with van der Waals surface area (Å²) in [6.45, 7) is 9.48. The van der Waals surface area contributed by atoms with Gasteiger partial charge in [-0.25, -0.2) is 0 Å². The molecule has 0 aliphatic heterocycles. The molecule has 0 aromatic heterocycles. The van der Waals surface area contributed by atoms with Crippen LogP contribution in [0, 0.1) is 0 Å². The lowest BCUT2D eigenvalue weighted by atomic mass is 10.3. The van der Waals surface area contributed by atoms with Crippen molar-refractivity contribution >= 4 is 48.8 Å². The first-order valence-corrected chi connectivity index (χ1v) is 16.4. The van der Waals surface area contributed by atoms with Gasteiger partial charge in [-0.3, -0.25) is 9.59 Å². The lowest BCUT2D eigenvalue weighted by Crippen LogP contribution is -2.41. The highest BCUT2D eigenvalue weighted by Crippen LogP contribution is 2.14. The third-order valence-electron chi connectivity index (χ3n) is 3.18. The summed E-state index contributed by atoms with van der Waals surface area (Å²) in [6, 6.07) is 0.898. The van der Waals surface area contributed by atoms with E-state index in [-0.39, 0.29) is 31.3 Å². The predicted molar refractivity (Wildman–Crippen MR) is 105 cm³/mol. The molecule has 0 rings (SSSR count). The minimum Gasteiger partial charge on any atom is -0.463 e. The van der Waals surface area contributed by atoms with Crippen LogP contribution in [0.25, 0.3) is 0 Å². The van der Waals surface area contributed by atoms with Crippen LogP contribution < -0.4 is 5.32 Å². The average Bonchev–Trinajstić information content (AvgIpc) is 2.54. The van der Waals surface area contributed by atoms with Crippen LogP contribution in [0.15, 0.2) is 0 Å². The van der Waals surface area contributed by atoms with Crippen molar-refractivity contribution in [3.05, 3.63) is 0 Å². The summed E-state index contributed by atoms with van der Waals surface area (Å²) in [6.07, 6.45) is 1.10. The van der Waals surface area contributed by atoms with Crippen LogP contribution in [0.1, 0.15) is 19.3 Å². The molecule has 0 saturated carbocycles. The summed E-state index contributed by atoms with van der Waals surface area (Å²) >= 11 is 0. The molecule has 142 valence electrons. The Hall–Kier alpha value is -0.0994. The molecular weight excluding hydrogens is 381 g/mol. The van der Waals surface area contributed by atoms with E-state index in [1.165, 1.54) is 0 Å². The molecule has 0 saturated heterocycles. The molecule has 0 bridgehead atoms. The zero-order valence-corrected chi connectivity index (χ0v) is 20.1. The maximum atomic E-state index is 11.7. The highest BCUT2D eigenvalue weighted by Gasteiger charge is 2.28. The van der Waals surface area contributed by atoms with Gasteiger partial charge >= 0.3 is 14.5 Å². The maximum Gasteiger partial charge on any atom is 0.313 e. The second kappa shape index (κ2) is 15.2. The van der Waals surface area contributed by atoms with E-state index in [0.717, 1.165) is 12.5 Å². The summed E-state index contributed by atoms with van der Waals surface area (Å²) in [4.78, 5) is 23.2. The molecule has 1 unspecified atom stereocenters. The van der Waals surface area contributed by atoms with Gasteiger partial charge in [-0.1, -0.05) is 13.1 Å². The number of rotatable bonds is 15. The maximum absolute atomic E-state index is 11.7. The smallest absolute Gasteiger partial charge is 0.313 e. The summed E-state index contributed by atoms with van der Waals surface area (Å²) in [5.74, 6) is -0.492. The second-order valence-corrected chi connectivity index (χ2v) is 12.2. The Balaban J connectivity index is 3.76. The van der Waals surface area contributed by atoms with Gasteiger partial charge in [-0.2, -0.15) is 0 Å². The summed E-state index contributed by atoms with van der Waals surface area (Å²) in [7, 11) is -2.56. The van der Waals surface area contributed by atoms with Gasteiger partial charge in [0.05, 0.1) is 13.0 Å². The van der Waals surface area contributed by atoms with Crippen molar-refractivity contribution in [3.8, 4) is 0 Å². The van der Waals surface area contributed by atoms with Crippen molar-refractivity contribution in [2.24, 2.45) is 0 Å². The van der Waals surface area contributed by atoms with Gasteiger partial charge in [-0.05, 0) is 25.7 Å². The molecule has 0 aliphatic rings. The van der Waals surface area contributed by atoms with Crippen LogP contribution in [0.2, 0.25) is 25.7 Å². The van der Waals surface area contributed by atoms with Crippen LogP contribution in [0.4, 0.5) is 0 Å². The SMILES string of the molecule is C[SiH2]O[Si](C)(CCCNC(=O)CCC(=O)OCCOPC)O[SiH2]C. The number of ether oxygens (including phenoxy) is 1. The number of hydrogen-bond donors (Lipinski definition) is 1. The second-order valence-electron chi connectivity index (χ2n) is 5.23. The highest BCUT2D eigenvalue weighted by molar-refractivity contribution is 7.31. The summed E-state index contributed by atoms with van der Waals surface area (Å²) in [5, 5.41) is 2.83. The van der Waals surface area contributed by atoms with Gasteiger partial charge in [0.25, 0.3) is 0 Å². The van der Waals surface area contributed by atoms with Crippen LogP contribution >= 0.6 is 8.81 Å². The van der Waals surface area contributed by atoms with E-state index in [2.05, 4.69) is 25.0 Å². The predicted octanol–water partition coefficient (Wildman–Crippen LogP) is 0.425. The van der Waals surface area contributed by atoms with Crippen LogP contribution in [0.3, 0.4) is 0 Å². The molecule has 1 N–H and O–H groups in total. The Morgan fingerprint density at radius 1 is 1.12 bits per heavy atom. The van der Waals surface area contributed by atoms with Crippen molar-refractivity contribution in [2.45, 2.75) is 44.9 Å². The Morgan fingerprint density at radius 3 is 2.38 bits per heavy atom. The standard InChI is InChI=1S/C13H32NO6PSi3/c1-21-18-10-9-17-13(16)7-6-12(15)14-8-5-11-24(4,19-22-2)20-23-3/h21H,5-11,22-23H2,1-4H3,(H,14,15). The number of esters is 1. The zero-order chi connectivity index (χ0) is 18.3. The van der Waals surface area contributed by atoms with Crippen molar-refractivity contribution in [1.82, 2.24) is 5.32 Å². The van der Waals surface area contributed by atoms with Gasteiger partial charge in [0.1, 0.15) is 26.1 Å². The first kappa shape index (κ1) is 23.9. The van der Waals surface area contributed by atoms with Crippen LogP contribution in [0.5, 0.6) is 0 Å². The Labute approximate surface area is 152 Å². The highest BCUT2D eigenvalue weighted by atomic mass is 31.1. The third-order valence-corrected chi connectivity index (χ3v) is 12.1. The Bertz CT molecular complexity index is 359. The number of carbonyl (C=O) groups is 2. The van der Waals surface area contributed by atoms with E-state index < -0.39 is 28.1 Å². The molecule has 0 aromatic rings. The van der Waals surface area contributed by atoms with Crippen LogP contribution in [-0.2, 0) is 27.1 Å². The average molecular weight is 414 g/mol. The van der Waals surface area contributed by atoms with E-state index in [9.17, 15) is 9.59 Å². The minimum atomic E-state index is -1.99. The lowest BCUT2D eigenvalue weighted by molar-refractivity contribution is -0.145. The van der Waals surface area contributed by atoms with E-state index in [1.807, 2.05) is 6.66 Å². The first-order valence-electron chi connectivity index (χ1n) is 8.46. The fourth-order valence-corrected chi connectivity index (χ4v) is 10.3. The van der Waals surface area contributed by atoms with E-state index in [1.54, 1.807) is 0 Å². The van der Waals surface area contributed by atoms with E-state index in [4.69, 9.17) is 17.5 Å². The monoisotopic (exact) mass is 413 g/mol. The Kier molecular flexibility index (Phi) is 15.1. The third kappa shape index (κ3) is 13.2. The Morgan fingerprint density at radius 2 is 1.79 bits per heavy atom. The van der Waals surface area contributed by atoms with Crippen molar-refractivity contribution in [2.75, 3.05) is 26.4 Å². The van der Waals surface area contributed by atoms with Gasteiger partial charge in [-0.15, -0.1) is 0 Å². The molecule has 0 aromatic carbocycles. The fraction of sp³-hybridized carbons (Fsp3) is 0.846. The van der Waals surface area contributed by atoms with Gasteiger partial charge < -0.3 is 22.8 Å². The minimum absolute atomic E-state index is 0.0990. The molecule has 11 heteroatoms. The number of hydrogen-bond acceptors (Lipinski definition) is 6. The fourth-order valence-electron chi connectivity index (χ4n) is 2.11. The molecule has 0 heterocycles. The lowest BCUT2D eigenvalue weighted by Gasteiger charge is -2.27. The van der Waals surface area contributed by atoms with Crippen molar-refractivity contribution < 1.29 is 27.1 Å². The van der Waals surface area contributed by atoms with E-state index in [0.29, 0.717) is 22.0 Å². The van der Waals surface area contributed by atoms with E-state index >= 15 is 0 Å². The molecular formula is C13H32NO6PSi3. The first-order chi connectivity index (χ1) is 11.5. The molecule has 1 atom stereocenters. The molecule has 1 amide bonds. The van der Waals surface area contributed by atoms with Gasteiger partial charge in [0.15, 0.2) is 0 Å². The van der Waals surface area contributed by atoms with Crippen molar-refractivity contribution in [1.29, 1.82) is 0 Å². The van der Waals surface area contributed by atoms with Gasteiger partial charge in [0.2, 0.25) is 5.91 Å². The quantitative estimate of drug-likeness (QED) is 0.181. The summed E-state index contributed by atoms with van der Waals surface area (Å²) < 4.78 is 21.9.